The second kappa shape index (κ2) is 7.46. The Bertz CT molecular complexity index is 646. The zero-order chi connectivity index (χ0) is 17.9. The number of methoxy groups -OCH3 is 1. The van der Waals surface area contributed by atoms with Crippen molar-refractivity contribution in [2.75, 3.05) is 26.7 Å². The molecule has 1 atom stereocenters. The molecular formula is C20H28N2O3. The number of amides is 2. The lowest BCUT2D eigenvalue weighted by Crippen LogP contribution is -2.50. The van der Waals surface area contributed by atoms with Crippen molar-refractivity contribution in [3.63, 3.8) is 0 Å². The van der Waals surface area contributed by atoms with Gasteiger partial charge in [0.25, 0.3) is 0 Å². The largest absolute Gasteiger partial charge is 0.497 e. The number of hydrogen-bond acceptors (Lipinski definition) is 3. The molecular weight excluding hydrogens is 316 g/mol. The summed E-state index contributed by atoms with van der Waals surface area (Å²) in [5, 5.41) is 0. The fraction of sp³-hybridized carbons (Fsp3) is 0.600. The molecule has 0 aromatic heterocycles. The predicted octanol–water partition coefficient (Wildman–Crippen LogP) is 2.84. The quantitative estimate of drug-likeness (QED) is 0.825. The zero-order valence-electron chi connectivity index (χ0n) is 15.3. The summed E-state index contributed by atoms with van der Waals surface area (Å²) >= 11 is 0. The maximum Gasteiger partial charge on any atom is 0.230 e. The molecule has 2 aliphatic rings. The lowest BCUT2D eigenvalue weighted by molar-refractivity contribution is -0.146. The van der Waals surface area contributed by atoms with Crippen LogP contribution in [0.1, 0.15) is 44.6 Å². The van der Waals surface area contributed by atoms with E-state index in [0.717, 1.165) is 50.1 Å². The average Bonchev–Trinajstić information content (AvgIpc) is 3.05. The van der Waals surface area contributed by atoms with Gasteiger partial charge >= 0.3 is 0 Å². The average molecular weight is 344 g/mol. The lowest BCUT2D eigenvalue weighted by atomic mass is 9.78. The van der Waals surface area contributed by atoms with Crippen LogP contribution in [-0.2, 0) is 16.1 Å². The summed E-state index contributed by atoms with van der Waals surface area (Å²) in [6.45, 7) is 4.74. The first-order valence-electron chi connectivity index (χ1n) is 9.28. The summed E-state index contributed by atoms with van der Waals surface area (Å²) in [5.74, 6) is 1.22. The van der Waals surface area contributed by atoms with E-state index in [1.54, 1.807) is 7.11 Å². The predicted molar refractivity (Wildman–Crippen MR) is 96.2 cm³/mol. The fourth-order valence-electron chi connectivity index (χ4n) is 4.13. The molecule has 0 aliphatic carbocycles. The first-order valence-corrected chi connectivity index (χ1v) is 9.28. The summed E-state index contributed by atoms with van der Waals surface area (Å²) in [6, 6.07) is 7.89. The molecule has 0 radical (unpaired) electrons. The van der Waals surface area contributed by atoms with Crippen molar-refractivity contribution in [3.05, 3.63) is 29.8 Å². The number of ether oxygens (including phenoxy) is 1. The molecule has 2 heterocycles. The molecule has 0 unspecified atom stereocenters. The Kier molecular flexibility index (Phi) is 5.30. The van der Waals surface area contributed by atoms with Crippen LogP contribution in [0.2, 0.25) is 0 Å². The van der Waals surface area contributed by atoms with Crippen LogP contribution in [0, 0.1) is 5.41 Å². The van der Waals surface area contributed by atoms with Gasteiger partial charge < -0.3 is 14.5 Å². The van der Waals surface area contributed by atoms with Crippen LogP contribution in [-0.4, -0.2) is 48.4 Å². The van der Waals surface area contributed by atoms with E-state index in [-0.39, 0.29) is 17.2 Å². The van der Waals surface area contributed by atoms with Crippen LogP contribution in [0.3, 0.4) is 0 Å². The molecule has 2 amide bonds. The Labute approximate surface area is 149 Å². The van der Waals surface area contributed by atoms with Gasteiger partial charge in [-0.3, -0.25) is 9.59 Å². The van der Waals surface area contributed by atoms with Crippen molar-refractivity contribution in [1.82, 2.24) is 9.80 Å². The van der Waals surface area contributed by atoms with Crippen LogP contribution in [0.15, 0.2) is 24.3 Å². The highest BCUT2D eigenvalue weighted by atomic mass is 16.5. The maximum absolute atomic E-state index is 13.2. The third kappa shape index (κ3) is 3.65. The molecule has 2 saturated heterocycles. The van der Waals surface area contributed by atoms with Gasteiger partial charge in [0.1, 0.15) is 5.75 Å². The van der Waals surface area contributed by atoms with Gasteiger partial charge in [0, 0.05) is 32.6 Å². The normalized spacial score (nSPS) is 23.4. The van der Waals surface area contributed by atoms with Gasteiger partial charge in [-0.25, -0.2) is 0 Å². The molecule has 0 N–H and O–H groups in total. The van der Waals surface area contributed by atoms with Crippen molar-refractivity contribution in [2.45, 2.75) is 45.6 Å². The van der Waals surface area contributed by atoms with Gasteiger partial charge in [0.2, 0.25) is 11.8 Å². The smallest absolute Gasteiger partial charge is 0.230 e. The minimum atomic E-state index is -0.361. The summed E-state index contributed by atoms with van der Waals surface area (Å²) < 4.78 is 5.28. The summed E-state index contributed by atoms with van der Waals surface area (Å²) in [7, 11) is 1.65. The third-order valence-corrected chi connectivity index (χ3v) is 5.50. The fourth-order valence-corrected chi connectivity index (χ4v) is 4.13. The van der Waals surface area contributed by atoms with Crippen molar-refractivity contribution in [1.29, 1.82) is 0 Å². The minimum absolute atomic E-state index is 0.192. The first kappa shape index (κ1) is 17.8. The van der Waals surface area contributed by atoms with Crippen molar-refractivity contribution in [2.24, 2.45) is 5.41 Å². The summed E-state index contributed by atoms with van der Waals surface area (Å²) in [6.07, 6.45) is 4.15. The Hall–Kier alpha value is -2.04. The summed E-state index contributed by atoms with van der Waals surface area (Å²) in [5.41, 5.74) is 0.724. The Balaban J connectivity index is 1.70. The molecule has 1 spiro atoms. The first-order chi connectivity index (χ1) is 12.1. The van der Waals surface area contributed by atoms with Crippen molar-refractivity contribution < 1.29 is 14.3 Å². The van der Waals surface area contributed by atoms with Crippen LogP contribution in [0.25, 0.3) is 0 Å². The molecule has 0 saturated carbocycles. The molecule has 1 aromatic rings. The van der Waals surface area contributed by atoms with Gasteiger partial charge in [-0.15, -0.1) is 0 Å². The molecule has 5 heteroatoms. The number of piperidine rings is 1. The highest BCUT2D eigenvalue weighted by Crippen LogP contribution is 2.40. The van der Waals surface area contributed by atoms with Gasteiger partial charge in [0.15, 0.2) is 0 Å². The SMILES string of the molecule is CCCC(=O)N1CC[C@@]2(CCCN(Cc3cccc(OC)c3)C2=O)C1. The molecule has 5 nitrogen and oxygen atoms in total. The van der Waals surface area contributed by atoms with Gasteiger partial charge in [-0.1, -0.05) is 19.1 Å². The van der Waals surface area contributed by atoms with E-state index >= 15 is 0 Å². The van der Waals surface area contributed by atoms with E-state index in [9.17, 15) is 9.59 Å². The van der Waals surface area contributed by atoms with Crippen LogP contribution in [0.5, 0.6) is 5.75 Å². The van der Waals surface area contributed by atoms with E-state index in [0.29, 0.717) is 19.5 Å². The second-order valence-corrected chi connectivity index (χ2v) is 7.28. The minimum Gasteiger partial charge on any atom is -0.497 e. The molecule has 3 rings (SSSR count). The molecule has 2 aliphatic heterocycles. The number of carbonyl (C=O) groups excluding carboxylic acids is 2. The van der Waals surface area contributed by atoms with Gasteiger partial charge in [-0.2, -0.15) is 0 Å². The third-order valence-electron chi connectivity index (χ3n) is 5.50. The number of rotatable bonds is 5. The van der Waals surface area contributed by atoms with Crippen LogP contribution in [0.4, 0.5) is 0 Å². The maximum atomic E-state index is 13.2. The summed E-state index contributed by atoms with van der Waals surface area (Å²) in [4.78, 5) is 29.3. The Morgan fingerprint density at radius 2 is 2.12 bits per heavy atom. The number of nitrogens with zero attached hydrogens (tertiary/aromatic N) is 2. The van der Waals surface area contributed by atoms with E-state index in [1.165, 1.54) is 0 Å². The number of carbonyl (C=O) groups is 2. The van der Waals surface area contributed by atoms with Crippen molar-refractivity contribution >= 4 is 11.8 Å². The monoisotopic (exact) mass is 344 g/mol. The molecule has 0 bridgehead atoms. The second-order valence-electron chi connectivity index (χ2n) is 7.28. The van der Waals surface area contributed by atoms with Crippen LogP contribution >= 0.6 is 0 Å². The van der Waals surface area contributed by atoms with Gasteiger partial charge in [-0.05, 0) is 43.4 Å². The molecule has 1 aromatic carbocycles. The Morgan fingerprint density at radius 1 is 1.28 bits per heavy atom. The van der Waals surface area contributed by atoms with E-state index in [1.807, 2.05) is 41.0 Å². The van der Waals surface area contributed by atoms with Crippen molar-refractivity contribution in [3.8, 4) is 5.75 Å². The number of likely N-dealkylation sites (tertiary alicyclic amines) is 2. The molecule has 136 valence electrons. The Morgan fingerprint density at radius 3 is 2.88 bits per heavy atom. The topological polar surface area (TPSA) is 49.9 Å². The molecule has 25 heavy (non-hydrogen) atoms. The standard InChI is InChI=1S/C20H28N2O3/c1-3-6-18(23)22-12-10-20(15-22)9-5-11-21(19(20)24)14-16-7-4-8-17(13-16)25-2/h4,7-8,13H,3,5-6,9-12,14-15H2,1-2H3/t20-/m0/s1. The van der Waals surface area contributed by atoms with Gasteiger partial charge in [0.05, 0.1) is 12.5 Å². The van der Waals surface area contributed by atoms with E-state index in [4.69, 9.17) is 4.74 Å². The van der Waals surface area contributed by atoms with Crippen LogP contribution < -0.4 is 4.74 Å². The number of hydrogen-bond donors (Lipinski definition) is 0. The lowest BCUT2D eigenvalue weighted by Gasteiger charge is -2.39. The highest BCUT2D eigenvalue weighted by molar-refractivity contribution is 5.86. The number of benzene rings is 1. The zero-order valence-corrected chi connectivity index (χ0v) is 15.3. The molecule has 2 fully saturated rings. The van der Waals surface area contributed by atoms with E-state index in [2.05, 4.69) is 0 Å². The highest BCUT2D eigenvalue weighted by Gasteiger charge is 2.49. The van der Waals surface area contributed by atoms with E-state index < -0.39 is 0 Å².